The van der Waals surface area contributed by atoms with Gasteiger partial charge in [0.05, 0.1) is 16.9 Å². The average Bonchev–Trinajstić information content (AvgIpc) is 2.59. The van der Waals surface area contributed by atoms with Crippen LogP contribution in [0.3, 0.4) is 0 Å². The molecule has 2 heterocycles. The van der Waals surface area contributed by atoms with Crippen molar-refractivity contribution in [1.29, 1.82) is 0 Å². The summed E-state index contributed by atoms with van der Waals surface area (Å²) in [6, 6.07) is 7.42. The molecule has 0 unspecified atom stereocenters. The second-order valence-electron chi connectivity index (χ2n) is 5.70. The number of pyridine rings is 1. The lowest BCUT2D eigenvalue weighted by Gasteiger charge is -2.13. The lowest BCUT2D eigenvalue weighted by Crippen LogP contribution is -2.15. The van der Waals surface area contributed by atoms with Crippen LogP contribution in [0.4, 0.5) is 11.8 Å². The number of hydrogen-bond donors (Lipinski definition) is 4. The van der Waals surface area contributed by atoms with Gasteiger partial charge in [-0.1, -0.05) is 12.1 Å². The maximum Gasteiger partial charge on any atom is 0.335 e. The van der Waals surface area contributed by atoms with Crippen LogP contribution < -0.4 is 11.5 Å². The first-order chi connectivity index (χ1) is 12.3. The third-order valence-corrected chi connectivity index (χ3v) is 3.95. The van der Waals surface area contributed by atoms with Gasteiger partial charge in [0.25, 0.3) is 0 Å². The zero-order valence-electron chi connectivity index (χ0n) is 13.5. The van der Waals surface area contributed by atoms with Gasteiger partial charge in [0.1, 0.15) is 5.82 Å². The molecule has 0 aliphatic rings. The minimum absolute atomic E-state index is 0.0113. The monoisotopic (exact) mass is 353 g/mol. The molecule has 0 fully saturated rings. The van der Waals surface area contributed by atoms with Gasteiger partial charge >= 0.3 is 11.9 Å². The number of nitrogens with zero attached hydrogens (tertiary/aromatic N) is 3. The minimum Gasteiger partial charge on any atom is -0.481 e. The molecule has 1 atom stereocenters. The van der Waals surface area contributed by atoms with Crippen LogP contribution in [0.15, 0.2) is 36.5 Å². The van der Waals surface area contributed by atoms with Crippen LogP contribution in [0.25, 0.3) is 11.0 Å². The lowest BCUT2D eigenvalue weighted by atomic mass is 9.92. The highest BCUT2D eigenvalue weighted by atomic mass is 16.4. The maximum absolute atomic E-state index is 11.7. The molecule has 0 aliphatic heterocycles. The molecule has 9 nitrogen and oxygen atoms in total. The Hall–Kier alpha value is -3.75. The summed E-state index contributed by atoms with van der Waals surface area (Å²) in [6.45, 7) is 0. The van der Waals surface area contributed by atoms with E-state index in [4.69, 9.17) is 16.6 Å². The Balaban J connectivity index is 1.94. The summed E-state index contributed by atoms with van der Waals surface area (Å²) in [5.41, 5.74) is 12.9. The number of rotatable bonds is 5. The fourth-order valence-corrected chi connectivity index (χ4v) is 2.65. The van der Waals surface area contributed by atoms with Gasteiger partial charge in [-0.05, 0) is 35.7 Å². The number of nitrogen functional groups attached to an aromatic ring is 2. The molecule has 1 aromatic carbocycles. The summed E-state index contributed by atoms with van der Waals surface area (Å²) in [4.78, 5) is 34.6. The van der Waals surface area contributed by atoms with Crippen LogP contribution in [0.1, 0.15) is 27.4 Å². The van der Waals surface area contributed by atoms with E-state index in [1.165, 1.54) is 30.5 Å². The molecule has 9 heteroatoms. The Labute approximate surface area is 147 Å². The topological polar surface area (TPSA) is 165 Å². The zero-order valence-corrected chi connectivity index (χ0v) is 13.5. The highest BCUT2D eigenvalue weighted by Gasteiger charge is 2.21. The average molecular weight is 353 g/mol. The van der Waals surface area contributed by atoms with E-state index >= 15 is 0 Å². The van der Waals surface area contributed by atoms with Gasteiger partial charge in [-0.3, -0.25) is 4.79 Å². The van der Waals surface area contributed by atoms with Crippen LogP contribution in [-0.2, 0) is 11.2 Å². The normalized spacial score (nSPS) is 12.0. The third kappa shape index (κ3) is 3.36. The first-order valence-electron chi connectivity index (χ1n) is 7.59. The SMILES string of the molecule is Nc1nc(N)c2cc(C[C@@H](C(=O)O)c3ccc(C(=O)O)cc3)cnc2n1. The van der Waals surface area contributed by atoms with Gasteiger partial charge in [-0.15, -0.1) is 0 Å². The van der Waals surface area contributed by atoms with Crippen LogP contribution in [0, 0.1) is 0 Å². The lowest BCUT2D eigenvalue weighted by molar-refractivity contribution is -0.138. The van der Waals surface area contributed by atoms with Crippen molar-refractivity contribution in [1.82, 2.24) is 15.0 Å². The number of aliphatic carboxylic acids is 1. The predicted molar refractivity (Wildman–Crippen MR) is 93.6 cm³/mol. The Morgan fingerprint density at radius 2 is 1.77 bits per heavy atom. The zero-order chi connectivity index (χ0) is 18.8. The van der Waals surface area contributed by atoms with Crippen molar-refractivity contribution < 1.29 is 19.8 Å². The van der Waals surface area contributed by atoms with Gasteiger partial charge in [-0.25, -0.2) is 9.78 Å². The van der Waals surface area contributed by atoms with Crippen LogP contribution in [-0.4, -0.2) is 37.1 Å². The Morgan fingerprint density at radius 3 is 2.38 bits per heavy atom. The maximum atomic E-state index is 11.7. The predicted octanol–water partition coefficient (Wildman–Crippen LogP) is 1.30. The van der Waals surface area contributed by atoms with Crippen molar-refractivity contribution in [2.45, 2.75) is 12.3 Å². The highest BCUT2D eigenvalue weighted by Crippen LogP contribution is 2.25. The van der Waals surface area contributed by atoms with E-state index in [1.54, 1.807) is 6.07 Å². The molecule has 26 heavy (non-hydrogen) atoms. The molecular formula is C17H15N5O4. The van der Waals surface area contributed by atoms with Crippen molar-refractivity contribution in [2.24, 2.45) is 0 Å². The first kappa shape index (κ1) is 17.1. The molecule has 0 radical (unpaired) electrons. The summed E-state index contributed by atoms with van der Waals surface area (Å²) in [5, 5.41) is 19.0. The molecule has 3 aromatic rings. The van der Waals surface area contributed by atoms with Gasteiger partial charge in [0.15, 0.2) is 5.65 Å². The van der Waals surface area contributed by atoms with Crippen molar-refractivity contribution in [3.63, 3.8) is 0 Å². The number of aromatic carboxylic acids is 1. The third-order valence-electron chi connectivity index (χ3n) is 3.95. The Morgan fingerprint density at radius 1 is 1.08 bits per heavy atom. The quantitative estimate of drug-likeness (QED) is 0.528. The van der Waals surface area contributed by atoms with E-state index in [2.05, 4.69) is 15.0 Å². The van der Waals surface area contributed by atoms with Gasteiger partial charge in [-0.2, -0.15) is 9.97 Å². The highest BCUT2D eigenvalue weighted by molar-refractivity contribution is 5.88. The van der Waals surface area contributed by atoms with Crippen molar-refractivity contribution in [2.75, 3.05) is 11.5 Å². The number of carboxylic acids is 2. The van der Waals surface area contributed by atoms with Gasteiger partial charge in [0.2, 0.25) is 5.95 Å². The molecular weight excluding hydrogens is 338 g/mol. The summed E-state index contributed by atoms with van der Waals surface area (Å²) in [5.74, 6) is -2.80. The molecule has 6 N–H and O–H groups in total. The fraction of sp³-hybridized carbons (Fsp3) is 0.118. The molecule has 0 amide bonds. The number of carbonyl (C=O) groups is 2. The van der Waals surface area contributed by atoms with Crippen LogP contribution in [0.5, 0.6) is 0 Å². The second kappa shape index (κ2) is 6.63. The second-order valence-corrected chi connectivity index (χ2v) is 5.70. The van der Waals surface area contributed by atoms with Gasteiger partial charge in [0, 0.05) is 6.20 Å². The number of nitrogens with two attached hydrogens (primary N) is 2. The number of carboxylic acid groups (broad SMARTS) is 2. The van der Waals surface area contributed by atoms with Gasteiger partial charge < -0.3 is 21.7 Å². The van der Waals surface area contributed by atoms with E-state index in [-0.39, 0.29) is 23.8 Å². The summed E-state index contributed by atoms with van der Waals surface area (Å²) >= 11 is 0. The molecule has 2 aromatic heterocycles. The van der Waals surface area contributed by atoms with Crippen LogP contribution >= 0.6 is 0 Å². The molecule has 0 saturated carbocycles. The van der Waals surface area contributed by atoms with E-state index < -0.39 is 17.9 Å². The van der Waals surface area contributed by atoms with E-state index in [0.29, 0.717) is 22.2 Å². The first-order valence-corrected chi connectivity index (χ1v) is 7.59. The summed E-state index contributed by atoms with van der Waals surface area (Å²) in [7, 11) is 0. The van der Waals surface area contributed by atoms with Crippen molar-refractivity contribution in [3.8, 4) is 0 Å². The summed E-state index contributed by atoms with van der Waals surface area (Å²) < 4.78 is 0. The van der Waals surface area contributed by atoms with Crippen molar-refractivity contribution >= 4 is 34.7 Å². The molecule has 0 aliphatic carbocycles. The smallest absolute Gasteiger partial charge is 0.335 e. The molecule has 0 bridgehead atoms. The molecule has 132 valence electrons. The fourth-order valence-electron chi connectivity index (χ4n) is 2.65. The Kier molecular flexibility index (Phi) is 4.36. The standard InChI is InChI=1S/C17H15N5O4/c18-13-12-6-8(7-20-14(12)22-17(19)21-13)5-11(16(25)26)9-1-3-10(4-2-9)15(23)24/h1-4,6-7,11H,5H2,(H,23,24)(H,25,26)(H4,18,19,20,21,22)/t11-/m1/s1. The van der Waals surface area contributed by atoms with Crippen molar-refractivity contribution in [3.05, 3.63) is 53.2 Å². The van der Waals surface area contributed by atoms with Crippen LogP contribution in [0.2, 0.25) is 0 Å². The Bertz CT molecular complexity index is 1000. The molecule has 0 spiro atoms. The molecule has 3 rings (SSSR count). The number of benzene rings is 1. The summed E-state index contributed by atoms with van der Waals surface area (Å²) in [6.07, 6.45) is 1.66. The largest absolute Gasteiger partial charge is 0.481 e. The van der Waals surface area contributed by atoms with E-state index in [9.17, 15) is 14.7 Å². The number of fused-ring (bicyclic) bond motifs is 1. The number of aromatic nitrogens is 3. The van der Waals surface area contributed by atoms with E-state index in [0.717, 1.165) is 0 Å². The molecule has 0 saturated heterocycles. The number of anilines is 2. The minimum atomic E-state index is -1.07. The number of hydrogen-bond acceptors (Lipinski definition) is 7. The van der Waals surface area contributed by atoms with E-state index in [1.807, 2.05) is 0 Å².